The molecule has 2 unspecified atom stereocenters. The number of amides is 1. The second kappa shape index (κ2) is 8.38. The fourth-order valence-corrected chi connectivity index (χ4v) is 3.28. The van der Waals surface area contributed by atoms with Crippen molar-refractivity contribution in [3.05, 3.63) is 23.8 Å². The highest BCUT2D eigenvalue weighted by atomic mass is 16.5. The molecular weight excluding hydrogens is 304 g/mol. The quantitative estimate of drug-likeness (QED) is 0.802. The van der Waals surface area contributed by atoms with E-state index in [9.17, 15) is 4.79 Å². The third kappa shape index (κ3) is 4.41. The summed E-state index contributed by atoms with van der Waals surface area (Å²) in [4.78, 5) is 16.8. The van der Waals surface area contributed by atoms with Crippen molar-refractivity contribution in [3.63, 3.8) is 0 Å². The molecule has 0 saturated carbocycles. The van der Waals surface area contributed by atoms with Gasteiger partial charge in [-0.1, -0.05) is 6.07 Å². The van der Waals surface area contributed by atoms with Crippen LogP contribution >= 0.6 is 0 Å². The summed E-state index contributed by atoms with van der Waals surface area (Å²) >= 11 is 0. The predicted octanol–water partition coefficient (Wildman–Crippen LogP) is 2.58. The van der Waals surface area contributed by atoms with Gasteiger partial charge in [-0.2, -0.15) is 0 Å². The highest BCUT2D eigenvalue weighted by molar-refractivity contribution is 5.76. The molecule has 24 heavy (non-hydrogen) atoms. The highest BCUT2D eigenvalue weighted by Gasteiger charge is 2.27. The molecule has 5 heteroatoms. The van der Waals surface area contributed by atoms with Crippen LogP contribution in [0.5, 0.6) is 11.5 Å². The first kappa shape index (κ1) is 18.6. The summed E-state index contributed by atoms with van der Waals surface area (Å²) in [5, 5.41) is 0. The number of carbonyl (C=O) groups excluding carboxylic acids is 1. The lowest BCUT2D eigenvalue weighted by Gasteiger charge is -2.39. The van der Waals surface area contributed by atoms with Crippen LogP contribution in [-0.4, -0.2) is 62.7 Å². The second-order valence-electron chi connectivity index (χ2n) is 6.70. The van der Waals surface area contributed by atoms with Gasteiger partial charge in [-0.3, -0.25) is 4.79 Å². The van der Waals surface area contributed by atoms with E-state index in [1.54, 1.807) is 14.2 Å². The van der Waals surface area contributed by atoms with Crippen LogP contribution in [0, 0.1) is 0 Å². The highest BCUT2D eigenvalue weighted by Crippen LogP contribution is 2.28. The Labute approximate surface area is 145 Å². The predicted molar refractivity (Wildman–Crippen MR) is 95.8 cm³/mol. The normalized spacial score (nSPS) is 21.4. The summed E-state index contributed by atoms with van der Waals surface area (Å²) in [6.07, 6.45) is 3.34. The van der Waals surface area contributed by atoms with E-state index in [2.05, 4.69) is 18.9 Å². The minimum absolute atomic E-state index is 0.214. The van der Waals surface area contributed by atoms with Gasteiger partial charge in [0.15, 0.2) is 11.5 Å². The molecule has 0 radical (unpaired) electrons. The van der Waals surface area contributed by atoms with Gasteiger partial charge in [0.05, 0.1) is 14.2 Å². The third-order valence-electron chi connectivity index (χ3n) is 5.20. The number of aryl methyl sites for hydroxylation is 1. The molecule has 0 aliphatic carbocycles. The number of nitrogens with zero attached hydrogens (tertiary/aromatic N) is 2. The van der Waals surface area contributed by atoms with E-state index < -0.39 is 0 Å². The molecule has 1 aromatic carbocycles. The van der Waals surface area contributed by atoms with E-state index in [1.165, 1.54) is 0 Å². The molecular formula is C19H30N2O3. The Kier molecular flexibility index (Phi) is 6.49. The Morgan fingerprint density at radius 2 is 2.00 bits per heavy atom. The summed E-state index contributed by atoms with van der Waals surface area (Å²) in [7, 11) is 7.35. The van der Waals surface area contributed by atoms with E-state index in [-0.39, 0.29) is 5.91 Å². The molecule has 0 N–H and O–H groups in total. The van der Waals surface area contributed by atoms with Crippen LogP contribution in [0.4, 0.5) is 0 Å². The monoisotopic (exact) mass is 334 g/mol. The summed E-state index contributed by atoms with van der Waals surface area (Å²) in [6, 6.07) is 6.72. The van der Waals surface area contributed by atoms with E-state index >= 15 is 0 Å². The van der Waals surface area contributed by atoms with Crippen LogP contribution in [-0.2, 0) is 11.2 Å². The van der Waals surface area contributed by atoms with Crippen molar-refractivity contribution >= 4 is 5.91 Å². The van der Waals surface area contributed by atoms with Crippen LogP contribution < -0.4 is 9.47 Å². The fraction of sp³-hybridized carbons (Fsp3) is 0.632. The zero-order chi connectivity index (χ0) is 17.7. The van der Waals surface area contributed by atoms with E-state index in [4.69, 9.17) is 9.47 Å². The lowest BCUT2D eigenvalue weighted by atomic mass is 9.97. The number of likely N-dealkylation sites (tertiary alicyclic amines) is 1. The van der Waals surface area contributed by atoms with Crippen molar-refractivity contribution in [1.82, 2.24) is 9.80 Å². The van der Waals surface area contributed by atoms with Crippen LogP contribution in [0.25, 0.3) is 0 Å². The molecule has 1 saturated heterocycles. The number of ether oxygens (including phenoxy) is 2. The molecule has 5 nitrogen and oxygen atoms in total. The largest absolute Gasteiger partial charge is 0.493 e. The average molecular weight is 334 g/mol. The number of rotatable bonds is 6. The minimum atomic E-state index is 0.214. The zero-order valence-electron chi connectivity index (χ0n) is 15.5. The lowest BCUT2D eigenvalue weighted by molar-refractivity contribution is -0.133. The maximum atomic E-state index is 12.5. The lowest BCUT2D eigenvalue weighted by Crippen LogP contribution is -2.48. The average Bonchev–Trinajstić information content (AvgIpc) is 2.60. The van der Waals surface area contributed by atoms with E-state index in [0.717, 1.165) is 24.9 Å². The Balaban J connectivity index is 1.90. The number of piperidine rings is 1. The molecule has 0 spiro atoms. The first-order valence-electron chi connectivity index (χ1n) is 8.63. The summed E-state index contributed by atoms with van der Waals surface area (Å²) in [5.41, 5.74) is 1.09. The molecule has 1 aliphatic rings. The van der Waals surface area contributed by atoms with Gasteiger partial charge in [-0.05, 0) is 50.9 Å². The van der Waals surface area contributed by atoms with Gasteiger partial charge in [0.1, 0.15) is 0 Å². The van der Waals surface area contributed by atoms with Gasteiger partial charge in [0, 0.05) is 32.1 Å². The topological polar surface area (TPSA) is 42.0 Å². The van der Waals surface area contributed by atoms with Crippen molar-refractivity contribution in [2.24, 2.45) is 0 Å². The SMILES string of the molecule is COc1ccc(CCC(=O)N(C)C2CCN(C)C(C)C2)cc1OC. The molecule has 1 aromatic rings. The number of methoxy groups -OCH3 is 2. The second-order valence-corrected chi connectivity index (χ2v) is 6.70. The molecule has 2 atom stereocenters. The van der Waals surface area contributed by atoms with Crippen LogP contribution in [0.3, 0.4) is 0 Å². The Morgan fingerprint density at radius 3 is 2.62 bits per heavy atom. The molecule has 1 amide bonds. The van der Waals surface area contributed by atoms with Crippen molar-refractivity contribution < 1.29 is 14.3 Å². The molecule has 1 heterocycles. The standard InChI is InChI=1S/C19H30N2O3/c1-14-12-16(10-11-20(14)2)21(3)19(22)9-7-15-6-8-17(23-4)18(13-15)24-5/h6,8,13-14,16H,7,9-12H2,1-5H3. The smallest absolute Gasteiger partial charge is 0.222 e. The molecule has 2 rings (SSSR count). The Bertz CT molecular complexity index is 562. The van der Waals surface area contributed by atoms with Crippen molar-refractivity contribution in [1.29, 1.82) is 0 Å². The van der Waals surface area contributed by atoms with Crippen LogP contribution in [0.2, 0.25) is 0 Å². The number of carbonyl (C=O) groups is 1. The fourth-order valence-electron chi connectivity index (χ4n) is 3.28. The third-order valence-corrected chi connectivity index (χ3v) is 5.20. The molecule has 1 fully saturated rings. The van der Waals surface area contributed by atoms with E-state index in [1.807, 2.05) is 30.1 Å². The Morgan fingerprint density at radius 1 is 1.29 bits per heavy atom. The van der Waals surface area contributed by atoms with Crippen molar-refractivity contribution in [3.8, 4) is 11.5 Å². The maximum absolute atomic E-state index is 12.5. The molecule has 1 aliphatic heterocycles. The summed E-state index contributed by atoms with van der Waals surface area (Å²) in [5.74, 6) is 1.64. The van der Waals surface area contributed by atoms with Gasteiger partial charge >= 0.3 is 0 Å². The van der Waals surface area contributed by atoms with Crippen molar-refractivity contribution in [2.75, 3.05) is 34.9 Å². The molecule has 0 aromatic heterocycles. The van der Waals surface area contributed by atoms with Crippen molar-refractivity contribution in [2.45, 2.75) is 44.7 Å². The number of hydrogen-bond donors (Lipinski definition) is 0. The van der Waals surface area contributed by atoms with Gasteiger partial charge in [-0.15, -0.1) is 0 Å². The summed E-state index contributed by atoms with van der Waals surface area (Å²) in [6.45, 7) is 3.28. The van der Waals surface area contributed by atoms with Gasteiger partial charge in [0.25, 0.3) is 0 Å². The number of hydrogen-bond acceptors (Lipinski definition) is 4. The first-order valence-corrected chi connectivity index (χ1v) is 8.63. The first-order chi connectivity index (χ1) is 11.5. The molecule has 0 bridgehead atoms. The van der Waals surface area contributed by atoms with Gasteiger partial charge in [0.2, 0.25) is 5.91 Å². The summed E-state index contributed by atoms with van der Waals surface area (Å²) < 4.78 is 10.6. The minimum Gasteiger partial charge on any atom is -0.493 e. The van der Waals surface area contributed by atoms with Crippen LogP contribution in [0.1, 0.15) is 31.7 Å². The Hall–Kier alpha value is -1.75. The number of benzene rings is 1. The zero-order valence-corrected chi connectivity index (χ0v) is 15.5. The van der Waals surface area contributed by atoms with Crippen LogP contribution in [0.15, 0.2) is 18.2 Å². The van der Waals surface area contributed by atoms with Gasteiger partial charge in [-0.25, -0.2) is 0 Å². The maximum Gasteiger partial charge on any atom is 0.222 e. The van der Waals surface area contributed by atoms with Gasteiger partial charge < -0.3 is 19.3 Å². The molecule has 134 valence electrons. The van der Waals surface area contributed by atoms with E-state index in [0.29, 0.717) is 36.4 Å².